The molecule has 112 valence electrons. The molecule has 0 unspecified atom stereocenters. The van der Waals surface area contributed by atoms with Gasteiger partial charge in [0.2, 0.25) is 0 Å². The largest absolute Gasteiger partial charge is 0.333 e. The third-order valence-corrected chi connectivity index (χ3v) is 4.32. The summed E-state index contributed by atoms with van der Waals surface area (Å²) in [5, 5.41) is 0. The first-order chi connectivity index (χ1) is 10.1. The second-order valence-electron chi connectivity index (χ2n) is 5.83. The maximum atomic E-state index is 12.9. The van der Waals surface area contributed by atoms with Crippen LogP contribution in [0.2, 0.25) is 0 Å². The summed E-state index contributed by atoms with van der Waals surface area (Å²) < 4.78 is 0. The van der Waals surface area contributed by atoms with Gasteiger partial charge in [-0.05, 0) is 57.7 Å². The average Bonchev–Trinajstić information content (AvgIpc) is 2.46. The number of hydrogen-bond acceptors (Lipinski definition) is 2. The normalized spacial score (nSPS) is 21.6. The Morgan fingerprint density at radius 2 is 2.00 bits per heavy atom. The first kappa shape index (κ1) is 15.6. The number of carbonyl (C=O) groups excluding carboxylic acids is 1. The highest BCUT2D eigenvalue weighted by molar-refractivity contribution is 5.96. The van der Waals surface area contributed by atoms with E-state index in [1.807, 2.05) is 30.0 Å². The van der Waals surface area contributed by atoms with E-state index in [-0.39, 0.29) is 5.91 Å². The van der Waals surface area contributed by atoms with Gasteiger partial charge in [-0.25, -0.2) is 0 Å². The van der Waals surface area contributed by atoms with Crippen LogP contribution in [0.1, 0.15) is 54.6 Å². The Balaban J connectivity index is 2.35. The molecule has 1 aliphatic rings. The summed E-state index contributed by atoms with van der Waals surface area (Å²) in [5.41, 5.74) is 8.04. The van der Waals surface area contributed by atoms with Crippen LogP contribution in [0, 0.1) is 18.8 Å². The molecule has 21 heavy (non-hydrogen) atoms. The Hall–Kier alpha value is -1.79. The quantitative estimate of drug-likeness (QED) is 0.806. The fourth-order valence-electron chi connectivity index (χ4n) is 3.11. The van der Waals surface area contributed by atoms with Crippen LogP contribution in [0.3, 0.4) is 0 Å². The summed E-state index contributed by atoms with van der Waals surface area (Å²) >= 11 is 0. The van der Waals surface area contributed by atoms with Gasteiger partial charge in [0.25, 0.3) is 5.91 Å². The van der Waals surface area contributed by atoms with E-state index in [1.165, 1.54) is 6.42 Å². The molecule has 1 aromatic carbocycles. The van der Waals surface area contributed by atoms with Crippen LogP contribution in [0.15, 0.2) is 18.2 Å². The lowest BCUT2D eigenvalue weighted by Crippen LogP contribution is -2.47. The number of nitrogens with zero attached hydrogens (tertiary/aromatic N) is 1. The molecule has 1 fully saturated rings. The highest BCUT2D eigenvalue weighted by Crippen LogP contribution is 2.26. The molecule has 0 spiro atoms. The van der Waals surface area contributed by atoms with Crippen molar-refractivity contribution in [2.45, 2.75) is 52.1 Å². The first-order valence-corrected chi connectivity index (χ1v) is 7.67. The molecule has 0 radical (unpaired) electrons. The highest BCUT2D eigenvalue weighted by atomic mass is 16.2. The van der Waals surface area contributed by atoms with Gasteiger partial charge in [0.05, 0.1) is 6.54 Å². The summed E-state index contributed by atoms with van der Waals surface area (Å²) in [7, 11) is 0. The topological polar surface area (TPSA) is 46.3 Å². The fourth-order valence-corrected chi connectivity index (χ4v) is 3.11. The molecule has 0 aliphatic carbocycles. The summed E-state index contributed by atoms with van der Waals surface area (Å²) in [6.07, 6.45) is 3.37. The number of carbonyl (C=O) groups is 1. The Morgan fingerprint density at radius 1 is 1.33 bits per heavy atom. The Bertz CT molecular complexity index is 573. The smallest absolute Gasteiger partial charge is 0.254 e. The van der Waals surface area contributed by atoms with Crippen molar-refractivity contribution in [3.63, 3.8) is 0 Å². The molecular formula is C18H24N2O. The van der Waals surface area contributed by atoms with E-state index >= 15 is 0 Å². The van der Waals surface area contributed by atoms with Gasteiger partial charge in [0, 0.05) is 23.2 Å². The number of hydrogen-bond donors (Lipinski definition) is 1. The van der Waals surface area contributed by atoms with Crippen LogP contribution in [0.4, 0.5) is 0 Å². The molecule has 2 atom stereocenters. The van der Waals surface area contributed by atoms with Crippen molar-refractivity contribution in [1.29, 1.82) is 0 Å². The van der Waals surface area contributed by atoms with Crippen LogP contribution in [-0.4, -0.2) is 29.4 Å². The zero-order chi connectivity index (χ0) is 15.4. The second-order valence-corrected chi connectivity index (χ2v) is 5.83. The maximum Gasteiger partial charge on any atom is 0.254 e. The van der Waals surface area contributed by atoms with Crippen LogP contribution < -0.4 is 5.73 Å². The maximum absolute atomic E-state index is 12.9. The average molecular weight is 284 g/mol. The van der Waals surface area contributed by atoms with Crippen molar-refractivity contribution < 1.29 is 4.79 Å². The van der Waals surface area contributed by atoms with Crippen molar-refractivity contribution in [2.75, 3.05) is 6.54 Å². The zero-order valence-corrected chi connectivity index (χ0v) is 13.1. The van der Waals surface area contributed by atoms with Crippen molar-refractivity contribution in [3.05, 3.63) is 34.9 Å². The third-order valence-electron chi connectivity index (χ3n) is 4.32. The van der Waals surface area contributed by atoms with Gasteiger partial charge in [-0.1, -0.05) is 17.9 Å². The number of piperidine rings is 1. The van der Waals surface area contributed by atoms with Gasteiger partial charge in [-0.3, -0.25) is 4.79 Å². The number of nitrogens with two attached hydrogens (primary N) is 1. The van der Waals surface area contributed by atoms with Crippen LogP contribution >= 0.6 is 0 Å². The van der Waals surface area contributed by atoms with Crippen molar-refractivity contribution in [3.8, 4) is 11.8 Å². The highest BCUT2D eigenvalue weighted by Gasteiger charge is 2.30. The molecule has 1 heterocycles. The predicted molar refractivity (Wildman–Crippen MR) is 86.1 cm³/mol. The van der Waals surface area contributed by atoms with Gasteiger partial charge in [-0.15, -0.1) is 0 Å². The molecule has 1 saturated heterocycles. The van der Waals surface area contributed by atoms with Gasteiger partial charge in [-0.2, -0.15) is 0 Å². The SMILES string of the molecule is Cc1c(C#CCN)cccc1C(=O)N1[C@H](C)CCC[C@@H]1C. The van der Waals surface area contributed by atoms with Gasteiger partial charge in [0.15, 0.2) is 0 Å². The van der Waals surface area contributed by atoms with Gasteiger partial charge in [0.1, 0.15) is 0 Å². The molecule has 0 bridgehead atoms. The lowest BCUT2D eigenvalue weighted by molar-refractivity contribution is 0.0510. The third kappa shape index (κ3) is 3.28. The number of rotatable bonds is 1. The molecule has 1 aromatic rings. The van der Waals surface area contributed by atoms with E-state index in [2.05, 4.69) is 25.7 Å². The standard InChI is InChI=1S/C18H24N2O/c1-13-7-4-8-14(2)20(13)18(21)17-11-5-9-16(15(17)3)10-6-12-19/h5,9,11,13-14H,4,7-8,12,19H2,1-3H3/t13-,14+. The molecule has 2 N–H and O–H groups in total. The van der Waals surface area contributed by atoms with E-state index < -0.39 is 0 Å². The molecule has 0 saturated carbocycles. The van der Waals surface area contributed by atoms with Crippen molar-refractivity contribution >= 4 is 5.91 Å². The van der Waals surface area contributed by atoms with Crippen molar-refractivity contribution in [1.82, 2.24) is 4.90 Å². The lowest BCUT2D eigenvalue weighted by Gasteiger charge is -2.39. The lowest BCUT2D eigenvalue weighted by atomic mass is 9.94. The van der Waals surface area contributed by atoms with Gasteiger partial charge >= 0.3 is 0 Å². The minimum atomic E-state index is 0.128. The molecular weight excluding hydrogens is 260 g/mol. The Morgan fingerprint density at radius 3 is 2.62 bits per heavy atom. The van der Waals surface area contributed by atoms with Crippen molar-refractivity contribution in [2.24, 2.45) is 5.73 Å². The van der Waals surface area contributed by atoms with E-state index in [4.69, 9.17) is 5.73 Å². The van der Waals surface area contributed by atoms with E-state index in [0.29, 0.717) is 18.6 Å². The minimum Gasteiger partial charge on any atom is -0.333 e. The monoisotopic (exact) mass is 284 g/mol. The van der Waals surface area contributed by atoms with E-state index in [1.54, 1.807) is 0 Å². The number of amides is 1. The molecule has 2 rings (SSSR count). The van der Waals surface area contributed by atoms with E-state index in [9.17, 15) is 4.79 Å². The molecule has 0 aromatic heterocycles. The molecule has 1 amide bonds. The minimum absolute atomic E-state index is 0.128. The summed E-state index contributed by atoms with van der Waals surface area (Å²) in [6, 6.07) is 6.36. The summed E-state index contributed by atoms with van der Waals surface area (Å²) in [4.78, 5) is 15.0. The second kappa shape index (κ2) is 6.78. The number of likely N-dealkylation sites (tertiary alicyclic amines) is 1. The summed E-state index contributed by atoms with van der Waals surface area (Å²) in [5.74, 6) is 6.04. The molecule has 1 aliphatic heterocycles. The summed E-state index contributed by atoms with van der Waals surface area (Å²) in [6.45, 7) is 6.58. The Kier molecular flexibility index (Phi) is 5.03. The first-order valence-electron chi connectivity index (χ1n) is 7.67. The Labute approximate surface area is 127 Å². The van der Waals surface area contributed by atoms with Crippen LogP contribution in [0.25, 0.3) is 0 Å². The van der Waals surface area contributed by atoms with Crippen LogP contribution in [-0.2, 0) is 0 Å². The fraction of sp³-hybridized carbons (Fsp3) is 0.500. The number of benzene rings is 1. The van der Waals surface area contributed by atoms with Crippen LogP contribution in [0.5, 0.6) is 0 Å². The predicted octanol–water partition coefficient (Wildman–Crippen LogP) is 2.71. The zero-order valence-electron chi connectivity index (χ0n) is 13.1. The van der Waals surface area contributed by atoms with E-state index in [0.717, 1.165) is 29.5 Å². The molecule has 3 heteroatoms. The molecule has 3 nitrogen and oxygen atoms in total. The van der Waals surface area contributed by atoms with Gasteiger partial charge < -0.3 is 10.6 Å².